The molecule has 0 aliphatic carbocycles. The van der Waals surface area contributed by atoms with Gasteiger partial charge in [0.1, 0.15) is 0 Å². The Balaban J connectivity index is 2.27. The number of benzene rings is 1. The number of thiocarbonyl (C=S) groups is 1. The number of hydrazone groups is 1. The number of hydrogen-bond acceptors (Lipinski definition) is 3. The van der Waals surface area contributed by atoms with Gasteiger partial charge < -0.3 is 10.1 Å². The second kappa shape index (κ2) is 9.24. The summed E-state index contributed by atoms with van der Waals surface area (Å²) in [5.41, 5.74) is 3.87. The van der Waals surface area contributed by atoms with Gasteiger partial charge in [0.25, 0.3) is 0 Å². The van der Waals surface area contributed by atoms with E-state index in [1.54, 1.807) is 13.3 Å². The van der Waals surface area contributed by atoms with Gasteiger partial charge in [-0.2, -0.15) is 5.10 Å². The summed E-state index contributed by atoms with van der Waals surface area (Å²) in [5.74, 6) is 0. The molecule has 0 aromatic heterocycles. The van der Waals surface area contributed by atoms with Crippen LogP contribution in [0.25, 0.3) is 6.08 Å². The largest absolute Gasteiger partial charge is 0.383 e. The zero-order chi connectivity index (χ0) is 13.9. The maximum absolute atomic E-state index is 5.07. The number of nitrogens with zero attached hydrogens (tertiary/aromatic N) is 1. The summed E-state index contributed by atoms with van der Waals surface area (Å²) >= 11 is 5.07. The Morgan fingerprint density at radius 1 is 1.42 bits per heavy atom. The molecule has 2 N–H and O–H groups in total. The lowest BCUT2D eigenvalue weighted by molar-refractivity contribution is 0.179. The Kier molecular flexibility index (Phi) is 7.46. The molecule has 0 unspecified atom stereocenters. The van der Waals surface area contributed by atoms with Gasteiger partial charge in [-0.25, -0.2) is 0 Å². The fourth-order valence-electron chi connectivity index (χ4n) is 1.40. The molecule has 0 fully saturated rings. The van der Waals surface area contributed by atoms with Gasteiger partial charge in [-0.05, 0) is 30.8 Å². The van der Waals surface area contributed by atoms with Crippen LogP contribution in [0.4, 0.5) is 0 Å². The molecular formula is C14H19N3OS. The molecule has 102 valence electrons. The molecule has 1 rings (SSSR count). The second-order valence-corrected chi connectivity index (χ2v) is 4.40. The Morgan fingerprint density at radius 2 is 2.16 bits per heavy atom. The first-order valence-corrected chi connectivity index (χ1v) is 6.43. The number of nitrogens with one attached hydrogen (secondary N) is 2. The zero-order valence-electron chi connectivity index (χ0n) is 11.2. The Bertz CT molecular complexity index is 432. The number of methoxy groups -OCH3 is 1. The molecule has 4 nitrogen and oxygen atoms in total. The smallest absolute Gasteiger partial charge is 0.187 e. The van der Waals surface area contributed by atoms with Crippen LogP contribution >= 0.6 is 12.2 Å². The molecule has 1 aromatic carbocycles. The first kappa shape index (κ1) is 15.3. The molecule has 0 heterocycles. The topological polar surface area (TPSA) is 45.6 Å². The van der Waals surface area contributed by atoms with Crippen LogP contribution in [0.2, 0.25) is 0 Å². The number of allylic oxidation sites excluding steroid dienone is 1. The van der Waals surface area contributed by atoms with Crippen molar-refractivity contribution in [2.75, 3.05) is 13.7 Å². The molecule has 0 amide bonds. The van der Waals surface area contributed by atoms with Crippen molar-refractivity contribution in [3.05, 3.63) is 42.0 Å². The van der Waals surface area contributed by atoms with Crippen LogP contribution in [0.5, 0.6) is 0 Å². The molecule has 0 saturated heterocycles. The molecule has 1 aromatic rings. The zero-order valence-corrected chi connectivity index (χ0v) is 12.0. The van der Waals surface area contributed by atoms with Crippen LogP contribution in [0.15, 0.2) is 41.5 Å². The van der Waals surface area contributed by atoms with Crippen molar-refractivity contribution in [3.8, 4) is 0 Å². The molecule has 0 saturated carbocycles. The highest BCUT2D eigenvalue weighted by molar-refractivity contribution is 7.80. The SMILES string of the molecule is COC[C@@H](C)NC(=S)N/N=C\C=C\c1ccccc1. The first-order chi connectivity index (χ1) is 9.22. The van der Waals surface area contributed by atoms with Gasteiger partial charge in [-0.15, -0.1) is 0 Å². The quantitative estimate of drug-likeness (QED) is 0.475. The van der Waals surface area contributed by atoms with Crippen molar-refractivity contribution in [2.24, 2.45) is 5.10 Å². The maximum Gasteiger partial charge on any atom is 0.187 e. The van der Waals surface area contributed by atoms with Crippen molar-refractivity contribution in [1.82, 2.24) is 10.7 Å². The lowest BCUT2D eigenvalue weighted by atomic mass is 10.2. The van der Waals surface area contributed by atoms with E-state index in [-0.39, 0.29) is 6.04 Å². The van der Waals surface area contributed by atoms with E-state index in [4.69, 9.17) is 17.0 Å². The first-order valence-electron chi connectivity index (χ1n) is 6.02. The van der Waals surface area contributed by atoms with Gasteiger partial charge in [0, 0.05) is 19.4 Å². The van der Waals surface area contributed by atoms with Gasteiger partial charge in [-0.1, -0.05) is 36.4 Å². The van der Waals surface area contributed by atoms with E-state index in [1.165, 1.54) is 0 Å². The van der Waals surface area contributed by atoms with Gasteiger partial charge in [-0.3, -0.25) is 5.43 Å². The van der Waals surface area contributed by atoms with E-state index in [9.17, 15) is 0 Å². The van der Waals surface area contributed by atoms with Gasteiger partial charge >= 0.3 is 0 Å². The van der Waals surface area contributed by atoms with Gasteiger partial charge in [0.15, 0.2) is 5.11 Å². The molecule has 19 heavy (non-hydrogen) atoms. The summed E-state index contributed by atoms with van der Waals surface area (Å²) < 4.78 is 5.00. The van der Waals surface area contributed by atoms with Crippen molar-refractivity contribution in [2.45, 2.75) is 13.0 Å². The fraction of sp³-hybridized carbons (Fsp3) is 0.286. The summed E-state index contributed by atoms with van der Waals surface area (Å²) in [5, 5.41) is 7.52. The van der Waals surface area contributed by atoms with Crippen LogP contribution < -0.4 is 10.7 Å². The standard InChI is InChI=1S/C14H19N3OS/c1-12(11-18-2)16-14(19)17-15-10-6-9-13-7-4-3-5-8-13/h3-10,12H,11H2,1-2H3,(H2,16,17,19)/b9-6+,15-10-/t12-/m1/s1. The molecule has 0 spiro atoms. The average molecular weight is 277 g/mol. The highest BCUT2D eigenvalue weighted by Gasteiger charge is 2.01. The summed E-state index contributed by atoms with van der Waals surface area (Å²) in [6.07, 6.45) is 5.47. The predicted octanol–water partition coefficient (Wildman–Crippen LogP) is 2.18. The molecule has 0 radical (unpaired) electrons. The van der Waals surface area contributed by atoms with Crippen LogP contribution in [0, 0.1) is 0 Å². The van der Waals surface area contributed by atoms with E-state index in [2.05, 4.69) is 15.8 Å². The van der Waals surface area contributed by atoms with Crippen LogP contribution in [-0.4, -0.2) is 31.1 Å². The van der Waals surface area contributed by atoms with Gasteiger partial charge in [0.05, 0.1) is 6.61 Å². The monoisotopic (exact) mass is 277 g/mol. The molecule has 0 aliphatic rings. The predicted molar refractivity (Wildman–Crippen MR) is 84.2 cm³/mol. The number of ether oxygens (including phenoxy) is 1. The maximum atomic E-state index is 5.07. The summed E-state index contributed by atoms with van der Waals surface area (Å²) in [4.78, 5) is 0. The molecule has 0 aliphatic heterocycles. The fourth-order valence-corrected chi connectivity index (χ4v) is 1.66. The van der Waals surface area contributed by atoms with E-state index < -0.39 is 0 Å². The third kappa shape index (κ3) is 7.33. The van der Waals surface area contributed by atoms with Crippen molar-refractivity contribution >= 4 is 29.6 Å². The number of hydrogen-bond donors (Lipinski definition) is 2. The highest BCUT2D eigenvalue weighted by Crippen LogP contribution is 1.99. The normalized spacial score (nSPS) is 12.7. The van der Waals surface area contributed by atoms with E-state index in [0.29, 0.717) is 11.7 Å². The lowest BCUT2D eigenvalue weighted by Gasteiger charge is -2.13. The average Bonchev–Trinajstić information content (AvgIpc) is 2.39. The van der Waals surface area contributed by atoms with Crippen molar-refractivity contribution in [3.63, 3.8) is 0 Å². The Labute approximate surface area is 119 Å². The molecule has 1 atom stereocenters. The van der Waals surface area contributed by atoms with E-state index >= 15 is 0 Å². The van der Waals surface area contributed by atoms with Crippen LogP contribution in [0.3, 0.4) is 0 Å². The highest BCUT2D eigenvalue weighted by atomic mass is 32.1. The second-order valence-electron chi connectivity index (χ2n) is 3.99. The minimum atomic E-state index is 0.153. The van der Waals surface area contributed by atoms with E-state index in [0.717, 1.165) is 5.56 Å². The summed E-state index contributed by atoms with van der Waals surface area (Å²) in [6.45, 7) is 2.58. The van der Waals surface area contributed by atoms with Crippen molar-refractivity contribution < 1.29 is 4.74 Å². The van der Waals surface area contributed by atoms with Gasteiger partial charge in [0.2, 0.25) is 0 Å². The Hall–Kier alpha value is -1.72. The number of rotatable bonds is 6. The lowest BCUT2D eigenvalue weighted by Crippen LogP contribution is -2.40. The minimum Gasteiger partial charge on any atom is -0.383 e. The summed E-state index contributed by atoms with van der Waals surface area (Å²) in [6, 6.07) is 10.2. The molecule has 5 heteroatoms. The molecule has 0 bridgehead atoms. The minimum absolute atomic E-state index is 0.153. The summed E-state index contributed by atoms with van der Waals surface area (Å²) in [7, 11) is 1.65. The van der Waals surface area contributed by atoms with Crippen LogP contribution in [-0.2, 0) is 4.74 Å². The molecular weight excluding hydrogens is 258 g/mol. The van der Waals surface area contributed by atoms with Crippen LogP contribution in [0.1, 0.15) is 12.5 Å². The van der Waals surface area contributed by atoms with Crippen molar-refractivity contribution in [1.29, 1.82) is 0 Å². The van der Waals surface area contributed by atoms with E-state index in [1.807, 2.05) is 49.4 Å². The third-order valence-corrected chi connectivity index (χ3v) is 2.42. The Morgan fingerprint density at radius 3 is 2.84 bits per heavy atom. The third-order valence-electron chi connectivity index (χ3n) is 2.21.